The fourth-order valence-electron chi connectivity index (χ4n) is 1.71. The topological polar surface area (TPSA) is 33.2 Å². The maximum atomic E-state index is 13.2. The van der Waals surface area contributed by atoms with Crippen LogP contribution >= 0.6 is 15.9 Å². The molecule has 2 rings (SSSR count). The number of hydrogen-bond acceptors (Lipinski definition) is 2. The van der Waals surface area contributed by atoms with Gasteiger partial charge < -0.3 is 4.90 Å². The number of amides is 1. The average molecular weight is 323 g/mol. The summed E-state index contributed by atoms with van der Waals surface area (Å²) in [5.41, 5.74) is 1.61. The molecule has 0 fully saturated rings. The van der Waals surface area contributed by atoms with Crippen molar-refractivity contribution in [3.8, 4) is 0 Å². The fraction of sp³-hybridized carbons (Fsp3) is 0.143. The smallest absolute Gasteiger partial charge is 0.224 e. The van der Waals surface area contributed by atoms with Crippen LogP contribution in [-0.4, -0.2) is 10.9 Å². The van der Waals surface area contributed by atoms with Crippen molar-refractivity contribution in [1.29, 1.82) is 0 Å². The van der Waals surface area contributed by atoms with Crippen LogP contribution in [0.15, 0.2) is 47.2 Å². The minimum Gasteiger partial charge on any atom is -0.308 e. The normalized spacial score (nSPS) is 10.3. The lowest BCUT2D eigenvalue weighted by Crippen LogP contribution is -2.27. The van der Waals surface area contributed by atoms with Crippen LogP contribution in [0.3, 0.4) is 0 Å². The number of hydrogen-bond donors (Lipinski definition) is 0. The van der Waals surface area contributed by atoms with Gasteiger partial charge in [0.25, 0.3) is 0 Å². The molecule has 0 spiro atoms. The Morgan fingerprint density at radius 1 is 1.32 bits per heavy atom. The number of aromatic nitrogens is 1. The molecule has 5 heteroatoms. The predicted molar refractivity (Wildman–Crippen MR) is 75.2 cm³/mol. The van der Waals surface area contributed by atoms with Crippen LogP contribution in [0.25, 0.3) is 0 Å². The SMILES string of the molecule is CC(=O)N(Cc1ccncc1)c1ccc(F)c(Br)c1. The highest BCUT2D eigenvalue weighted by Crippen LogP contribution is 2.24. The molecule has 0 N–H and O–H groups in total. The van der Waals surface area contributed by atoms with E-state index in [-0.39, 0.29) is 11.7 Å². The summed E-state index contributed by atoms with van der Waals surface area (Å²) in [6, 6.07) is 8.20. The van der Waals surface area contributed by atoms with Crippen molar-refractivity contribution in [1.82, 2.24) is 4.98 Å². The molecule has 0 bridgehead atoms. The highest BCUT2D eigenvalue weighted by Gasteiger charge is 2.13. The van der Waals surface area contributed by atoms with Crippen molar-refractivity contribution >= 4 is 27.5 Å². The van der Waals surface area contributed by atoms with Gasteiger partial charge in [-0.2, -0.15) is 0 Å². The first kappa shape index (κ1) is 13.7. The van der Waals surface area contributed by atoms with Crippen LogP contribution in [0.5, 0.6) is 0 Å². The Labute approximate surface area is 119 Å². The molecule has 0 radical (unpaired) electrons. The lowest BCUT2D eigenvalue weighted by molar-refractivity contribution is -0.116. The van der Waals surface area contributed by atoms with Crippen molar-refractivity contribution in [3.63, 3.8) is 0 Å². The number of anilines is 1. The molecule has 3 nitrogen and oxygen atoms in total. The monoisotopic (exact) mass is 322 g/mol. The lowest BCUT2D eigenvalue weighted by atomic mass is 10.2. The van der Waals surface area contributed by atoms with Crippen molar-refractivity contribution in [2.24, 2.45) is 0 Å². The van der Waals surface area contributed by atoms with E-state index < -0.39 is 0 Å². The van der Waals surface area contributed by atoms with Crippen molar-refractivity contribution in [3.05, 3.63) is 58.6 Å². The van der Waals surface area contributed by atoms with Crippen LogP contribution in [0.4, 0.5) is 10.1 Å². The predicted octanol–water partition coefficient (Wildman–Crippen LogP) is 3.54. The largest absolute Gasteiger partial charge is 0.308 e. The maximum Gasteiger partial charge on any atom is 0.224 e. The zero-order valence-corrected chi connectivity index (χ0v) is 11.9. The Morgan fingerprint density at radius 2 is 2.00 bits per heavy atom. The summed E-state index contributed by atoms with van der Waals surface area (Å²) < 4.78 is 13.6. The molecule has 1 aromatic carbocycles. The molecule has 0 aliphatic heterocycles. The first-order chi connectivity index (χ1) is 9.08. The van der Waals surface area contributed by atoms with Gasteiger partial charge in [-0.05, 0) is 51.8 Å². The van der Waals surface area contributed by atoms with E-state index in [1.165, 1.54) is 13.0 Å². The Balaban J connectivity index is 2.30. The van der Waals surface area contributed by atoms with E-state index in [2.05, 4.69) is 20.9 Å². The summed E-state index contributed by atoms with van der Waals surface area (Å²) in [5.74, 6) is -0.452. The highest BCUT2D eigenvalue weighted by molar-refractivity contribution is 9.10. The average Bonchev–Trinajstić information content (AvgIpc) is 2.40. The summed E-state index contributed by atoms with van der Waals surface area (Å²) in [7, 11) is 0. The van der Waals surface area contributed by atoms with Crippen LogP contribution in [0, 0.1) is 5.82 Å². The quantitative estimate of drug-likeness (QED) is 0.866. The van der Waals surface area contributed by atoms with Gasteiger partial charge in [-0.3, -0.25) is 9.78 Å². The summed E-state index contributed by atoms with van der Waals surface area (Å²) in [4.78, 5) is 17.3. The molecule has 1 amide bonds. The molecular weight excluding hydrogens is 311 g/mol. The van der Waals surface area contributed by atoms with E-state index in [0.29, 0.717) is 16.7 Å². The van der Waals surface area contributed by atoms with Crippen molar-refractivity contribution in [2.45, 2.75) is 13.5 Å². The standard InChI is InChI=1S/C14H12BrFN2O/c1-10(19)18(9-11-4-6-17-7-5-11)12-2-3-14(16)13(15)8-12/h2-8H,9H2,1H3. The summed E-state index contributed by atoms with van der Waals surface area (Å²) in [6.07, 6.45) is 3.35. The van der Waals surface area contributed by atoms with Crippen molar-refractivity contribution < 1.29 is 9.18 Å². The molecular formula is C14H12BrFN2O. The Kier molecular flexibility index (Phi) is 4.27. The number of carbonyl (C=O) groups is 1. The minimum absolute atomic E-state index is 0.102. The molecule has 0 aliphatic rings. The summed E-state index contributed by atoms with van der Waals surface area (Å²) in [5, 5.41) is 0. The second kappa shape index (κ2) is 5.93. The molecule has 0 atom stereocenters. The van der Waals surface area contributed by atoms with Crippen molar-refractivity contribution in [2.75, 3.05) is 4.90 Å². The zero-order chi connectivity index (χ0) is 13.8. The highest BCUT2D eigenvalue weighted by atomic mass is 79.9. The second-order valence-corrected chi connectivity index (χ2v) is 4.91. The number of benzene rings is 1. The maximum absolute atomic E-state index is 13.2. The van der Waals surface area contributed by atoms with Gasteiger partial charge in [0, 0.05) is 25.0 Å². The molecule has 98 valence electrons. The molecule has 1 heterocycles. The van der Waals surface area contributed by atoms with E-state index in [0.717, 1.165) is 5.56 Å². The van der Waals surface area contributed by atoms with Gasteiger partial charge in [0.15, 0.2) is 0 Å². The van der Waals surface area contributed by atoms with Crippen LogP contribution in [0.1, 0.15) is 12.5 Å². The van der Waals surface area contributed by atoms with Gasteiger partial charge in [-0.1, -0.05) is 0 Å². The van der Waals surface area contributed by atoms with Gasteiger partial charge in [-0.15, -0.1) is 0 Å². The third-order valence-corrected chi connectivity index (χ3v) is 3.29. The Hall–Kier alpha value is -1.75. The second-order valence-electron chi connectivity index (χ2n) is 4.06. The molecule has 0 aliphatic carbocycles. The lowest BCUT2D eigenvalue weighted by Gasteiger charge is -2.21. The zero-order valence-electron chi connectivity index (χ0n) is 10.3. The van der Waals surface area contributed by atoms with Gasteiger partial charge in [0.1, 0.15) is 5.82 Å². The van der Waals surface area contributed by atoms with E-state index in [4.69, 9.17) is 0 Å². The van der Waals surface area contributed by atoms with E-state index in [9.17, 15) is 9.18 Å². The minimum atomic E-state index is -0.351. The first-order valence-corrected chi connectivity index (χ1v) is 6.49. The van der Waals surface area contributed by atoms with Crippen LogP contribution in [-0.2, 0) is 11.3 Å². The van der Waals surface area contributed by atoms with Gasteiger partial charge in [-0.25, -0.2) is 4.39 Å². The fourth-order valence-corrected chi connectivity index (χ4v) is 2.07. The third kappa shape index (κ3) is 3.38. The number of carbonyl (C=O) groups excluding carboxylic acids is 1. The molecule has 1 aromatic heterocycles. The summed E-state index contributed by atoms with van der Waals surface area (Å²) in [6.45, 7) is 1.91. The molecule has 0 saturated carbocycles. The molecule has 2 aromatic rings. The number of pyridine rings is 1. The van der Waals surface area contributed by atoms with Crippen LogP contribution in [0.2, 0.25) is 0 Å². The first-order valence-electron chi connectivity index (χ1n) is 5.70. The Morgan fingerprint density at radius 3 is 2.58 bits per heavy atom. The third-order valence-electron chi connectivity index (χ3n) is 2.69. The number of halogens is 2. The molecule has 0 unspecified atom stereocenters. The summed E-state index contributed by atoms with van der Waals surface area (Å²) >= 11 is 3.13. The molecule has 19 heavy (non-hydrogen) atoms. The number of rotatable bonds is 3. The van der Waals surface area contributed by atoms with Gasteiger partial charge in [0.2, 0.25) is 5.91 Å². The molecule has 0 saturated heterocycles. The van der Waals surface area contributed by atoms with Crippen LogP contribution < -0.4 is 4.90 Å². The number of nitrogens with zero attached hydrogens (tertiary/aromatic N) is 2. The van der Waals surface area contributed by atoms with Gasteiger partial charge >= 0.3 is 0 Å². The van der Waals surface area contributed by atoms with E-state index in [1.54, 1.807) is 29.4 Å². The van der Waals surface area contributed by atoms with Gasteiger partial charge in [0.05, 0.1) is 11.0 Å². The van der Waals surface area contributed by atoms with E-state index in [1.807, 2.05) is 12.1 Å². The Bertz CT molecular complexity index is 589. The van der Waals surface area contributed by atoms with E-state index >= 15 is 0 Å².